The van der Waals surface area contributed by atoms with Crippen LogP contribution in [0.15, 0.2) is 61.4 Å². The molecule has 3 aromatic heterocycles. The lowest BCUT2D eigenvalue weighted by atomic mass is 10.1. The first-order chi connectivity index (χ1) is 20.1. The maximum Gasteiger partial charge on any atom is 0.245 e. The molecular weight excluding hydrogens is 520 g/mol. The number of nitrogens with one attached hydrogen (secondary N) is 3. The minimum atomic E-state index is -0.0873. The van der Waals surface area contributed by atoms with Crippen molar-refractivity contribution in [2.45, 2.75) is 18.9 Å². The van der Waals surface area contributed by atoms with Crippen molar-refractivity contribution in [1.29, 1.82) is 0 Å². The predicted molar refractivity (Wildman–Crippen MR) is 160 cm³/mol. The lowest BCUT2D eigenvalue weighted by Gasteiger charge is -2.31. The van der Waals surface area contributed by atoms with Crippen molar-refractivity contribution in [3.05, 3.63) is 61.4 Å². The van der Waals surface area contributed by atoms with Crippen LogP contribution in [0, 0.1) is 0 Å². The van der Waals surface area contributed by atoms with Crippen molar-refractivity contribution in [1.82, 2.24) is 24.8 Å². The SMILES string of the molecule is C=CC(=O)N1CCC(Oc2nc(Nc3ccc(N4CCOCC4)cc3)nc3[nH]cc(-c4ccnc(NC)c4)c23)CC1. The average molecular weight is 555 g/mol. The topological polar surface area (TPSA) is 121 Å². The molecule has 11 heteroatoms. The number of hydrogen-bond donors (Lipinski definition) is 3. The van der Waals surface area contributed by atoms with E-state index in [1.807, 2.05) is 37.5 Å². The van der Waals surface area contributed by atoms with Crippen LogP contribution in [-0.4, -0.2) is 83.3 Å². The first-order valence-corrected chi connectivity index (χ1v) is 13.9. The summed E-state index contributed by atoms with van der Waals surface area (Å²) in [7, 11) is 1.84. The van der Waals surface area contributed by atoms with Gasteiger partial charge in [0.25, 0.3) is 0 Å². The van der Waals surface area contributed by atoms with Gasteiger partial charge in [0, 0.05) is 75.4 Å². The number of likely N-dealkylation sites (tertiary alicyclic amines) is 1. The Balaban J connectivity index is 1.30. The number of H-pyrrole nitrogens is 1. The molecule has 2 aliphatic rings. The molecule has 0 saturated carbocycles. The van der Waals surface area contributed by atoms with Crippen LogP contribution in [0.5, 0.6) is 5.88 Å². The highest BCUT2D eigenvalue weighted by molar-refractivity contribution is 5.98. The fraction of sp³-hybridized carbons (Fsp3) is 0.333. The number of fused-ring (bicyclic) bond motifs is 1. The van der Waals surface area contributed by atoms with E-state index < -0.39 is 0 Å². The molecule has 0 bridgehead atoms. The van der Waals surface area contributed by atoms with Crippen molar-refractivity contribution >= 4 is 40.1 Å². The Morgan fingerprint density at radius 3 is 2.63 bits per heavy atom. The van der Waals surface area contributed by atoms with E-state index in [9.17, 15) is 4.79 Å². The van der Waals surface area contributed by atoms with E-state index in [0.29, 0.717) is 43.4 Å². The first-order valence-electron chi connectivity index (χ1n) is 13.9. The second-order valence-electron chi connectivity index (χ2n) is 10.1. The number of morpholine rings is 1. The van der Waals surface area contributed by atoms with Gasteiger partial charge < -0.3 is 34.9 Å². The van der Waals surface area contributed by atoms with Gasteiger partial charge in [-0.05, 0) is 48.0 Å². The van der Waals surface area contributed by atoms with E-state index in [2.05, 4.69) is 44.2 Å². The van der Waals surface area contributed by atoms with Crippen LogP contribution in [0.1, 0.15) is 12.8 Å². The molecule has 0 unspecified atom stereocenters. The summed E-state index contributed by atoms with van der Waals surface area (Å²) in [5.74, 6) is 1.64. The first kappa shape index (κ1) is 26.6. The Labute approximate surface area is 238 Å². The summed E-state index contributed by atoms with van der Waals surface area (Å²) in [5, 5.41) is 7.25. The summed E-state index contributed by atoms with van der Waals surface area (Å²) in [6.07, 6.45) is 6.37. The highest BCUT2D eigenvalue weighted by Gasteiger charge is 2.25. The van der Waals surface area contributed by atoms with Crippen molar-refractivity contribution in [2.75, 3.05) is 62.0 Å². The molecule has 2 aliphatic heterocycles. The normalized spacial score (nSPS) is 16.0. The second kappa shape index (κ2) is 11.8. The van der Waals surface area contributed by atoms with Crippen molar-refractivity contribution in [3.8, 4) is 17.0 Å². The highest BCUT2D eigenvalue weighted by Crippen LogP contribution is 2.36. The Hall–Kier alpha value is -4.64. The molecule has 1 amide bonds. The number of anilines is 4. The van der Waals surface area contributed by atoms with Crippen LogP contribution in [0.2, 0.25) is 0 Å². The zero-order chi connectivity index (χ0) is 28.2. The number of carbonyl (C=O) groups excluding carboxylic acids is 1. The Kier molecular flexibility index (Phi) is 7.68. The molecule has 5 heterocycles. The average Bonchev–Trinajstić information content (AvgIpc) is 3.46. The van der Waals surface area contributed by atoms with Gasteiger partial charge in [0.05, 0.1) is 18.6 Å². The number of hydrogen-bond acceptors (Lipinski definition) is 9. The Bertz CT molecular complexity index is 1520. The number of carbonyl (C=O) groups is 1. The Morgan fingerprint density at radius 2 is 1.90 bits per heavy atom. The van der Waals surface area contributed by atoms with Crippen LogP contribution >= 0.6 is 0 Å². The highest BCUT2D eigenvalue weighted by atomic mass is 16.5. The maximum absolute atomic E-state index is 12.1. The lowest BCUT2D eigenvalue weighted by Crippen LogP contribution is -2.41. The fourth-order valence-electron chi connectivity index (χ4n) is 5.29. The van der Waals surface area contributed by atoms with E-state index >= 15 is 0 Å². The standard InChI is InChI=1S/C30H34N8O3/c1-3-26(39)38-12-9-23(10-13-38)41-29-27-24(20-8-11-32-25(18-20)31-2)19-33-28(27)35-30(36-29)34-21-4-6-22(7-5-21)37-14-16-40-17-15-37/h3-8,11,18-19,23H,1,9-10,12-17H2,2H3,(H,31,32)(H2,33,34,35,36). The van der Waals surface area contributed by atoms with E-state index in [1.165, 1.54) is 6.08 Å². The van der Waals surface area contributed by atoms with Gasteiger partial charge in [-0.25, -0.2) is 4.98 Å². The van der Waals surface area contributed by atoms with Gasteiger partial charge >= 0.3 is 0 Å². The third-order valence-corrected chi connectivity index (χ3v) is 7.53. The molecular formula is C30H34N8O3. The van der Waals surface area contributed by atoms with E-state index in [1.54, 1.807) is 11.1 Å². The fourth-order valence-corrected chi connectivity index (χ4v) is 5.29. The van der Waals surface area contributed by atoms with Gasteiger partial charge in [0.1, 0.15) is 17.6 Å². The number of nitrogens with zero attached hydrogens (tertiary/aromatic N) is 5. The zero-order valence-electron chi connectivity index (χ0n) is 23.1. The molecule has 0 aliphatic carbocycles. The lowest BCUT2D eigenvalue weighted by molar-refractivity contribution is -0.127. The minimum absolute atomic E-state index is 0.0510. The van der Waals surface area contributed by atoms with Crippen molar-refractivity contribution < 1.29 is 14.3 Å². The minimum Gasteiger partial charge on any atom is -0.474 e. The third-order valence-electron chi connectivity index (χ3n) is 7.53. The van der Waals surface area contributed by atoms with Gasteiger partial charge in [-0.15, -0.1) is 0 Å². The molecule has 6 rings (SSSR count). The molecule has 2 saturated heterocycles. The molecule has 0 radical (unpaired) electrons. The number of pyridine rings is 1. The van der Waals surface area contributed by atoms with Crippen LogP contribution in [-0.2, 0) is 9.53 Å². The van der Waals surface area contributed by atoms with Gasteiger partial charge in [-0.3, -0.25) is 4.79 Å². The summed E-state index contributed by atoms with van der Waals surface area (Å²) < 4.78 is 12.0. The summed E-state index contributed by atoms with van der Waals surface area (Å²) in [5.41, 5.74) is 4.60. The summed E-state index contributed by atoms with van der Waals surface area (Å²) in [6.45, 7) is 8.09. The van der Waals surface area contributed by atoms with E-state index in [-0.39, 0.29) is 12.0 Å². The number of rotatable bonds is 8. The molecule has 3 N–H and O–H groups in total. The second-order valence-corrected chi connectivity index (χ2v) is 10.1. The van der Waals surface area contributed by atoms with E-state index in [0.717, 1.165) is 60.0 Å². The number of ether oxygens (including phenoxy) is 2. The molecule has 11 nitrogen and oxygen atoms in total. The molecule has 0 spiro atoms. The monoisotopic (exact) mass is 554 g/mol. The van der Waals surface area contributed by atoms with Crippen LogP contribution in [0.25, 0.3) is 22.2 Å². The van der Waals surface area contributed by atoms with Crippen LogP contribution < -0.4 is 20.3 Å². The number of benzene rings is 1. The van der Waals surface area contributed by atoms with Crippen LogP contribution in [0.3, 0.4) is 0 Å². The number of amides is 1. The molecule has 41 heavy (non-hydrogen) atoms. The molecule has 2 fully saturated rings. The number of aromatic nitrogens is 4. The maximum atomic E-state index is 12.1. The summed E-state index contributed by atoms with van der Waals surface area (Å²) >= 11 is 0. The third kappa shape index (κ3) is 5.80. The predicted octanol–water partition coefficient (Wildman–Crippen LogP) is 4.20. The van der Waals surface area contributed by atoms with Crippen LogP contribution in [0.4, 0.5) is 23.1 Å². The quantitative estimate of drug-likeness (QED) is 0.275. The van der Waals surface area contributed by atoms with E-state index in [4.69, 9.17) is 19.4 Å². The van der Waals surface area contributed by atoms with Gasteiger partial charge in [0.15, 0.2) is 0 Å². The molecule has 4 aromatic rings. The van der Waals surface area contributed by atoms with Gasteiger partial charge in [0.2, 0.25) is 17.7 Å². The van der Waals surface area contributed by atoms with Crippen molar-refractivity contribution in [2.24, 2.45) is 0 Å². The smallest absolute Gasteiger partial charge is 0.245 e. The largest absolute Gasteiger partial charge is 0.474 e. The zero-order valence-corrected chi connectivity index (χ0v) is 23.1. The summed E-state index contributed by atoms with van der Waals surface area (Å²) in [4.78, 5) is 33.5. The molecule has 1 aromatic carbocycles. The van der Waals surface area contributed by atoms with Crippen molar-refractivity contribution in [3.63, 3.8) is 0 Å². The van der Waals surface area contributed by atoms with Gasteiger partial charge in [-0.1, -0.05) is 6.58 Å². The number of piperidine rings is 1. The van der Waals surface area contributed by atoms with Gasteiger partial charge in [-0.2, -0.15) is 9.97 Å². The number of aromatic amines is 1. The molecule has 212 valence electrons. The Morgan fingerprint density at radius 1 is 1.12 bits per heavy atom. The summed E-state index contributed by atoms with van der Waals surface area (Å²) in [6, 6.07) is 12.2. The molecule has 0 atom stereocenters.